The van der Waals surface area contributed by atoms with Crippen molar-refractivity contribution in [2.75, 3.05) is 14.2 Å². The van der Waals surface area contributed by atoms with Gasteiger partial charge in [0.25, 0.3) is 5.91 Å². The summed E-state index contributed by atoms with van der Waals surface area (Å²) >= 11 is 4.47. The second kappa shape index (κ2) is 10.7. The van der Waals surface area contributed by atoms with Crippen molar-refractivity contribution in [2.24, 2.45) is 10.2 Å². The van der Waals surface area contributed by atoms with Gasteiger partial charge in [-0.25, -0.2) is 4.79 Å². The van der Waals surface area contributed by atoms with Crippen LogP contribution in [0, 0.1) is 0 Å². The van der Waals surface area contributed by atoms with Gasteiger partial charge in [-0.15, -0.1) is 5.10 Å². The smallest absolute Gasteiger partial charge is 0.331 e. The summed E-state index contributed by atoms with van der Waals surface area (Å²) in [6, 6.07) is 9.13. The van der Waals surface area contributed by atoms with E-state index >= 15 is 0 Å². The fourth-order valence-electron chi connectivity index (χ4n) is 2.37. The third-order valence-corrected chi connectivity index (χ3v) is 5.29. The summed E-state index contributed by atoms with van der Waals surface area (Å²) in [7, 11) is 2.77. The van der Waals surface area contributed by atoms with Gasteiger partial charge in [-0.1, -0.05) is 6.07 Å². The van der Waals surface area contributed by atoms with Crippen molar-refractivity contribution < 1.29 is 23.8 Å². The van der Waals surface area contributed by atoms with Crippen molar-refractivity contribution in [3.63, 3.8) is 0 Å². The first-order valence-electron chi connectivity index (χ1n) is 8.80. The summed E-state index contributed by atoms with van der Waals surface area (Å²) in [5.74, 6) is -0.0214. The average Bonchev–Trinajstić information content (AvgIpc) is 3.12. The molecular formula is C20H17BrN4O5S. The largest absolute Gasteiger partial charge is 0.493 e. The van der Waals surface area contributed by atoms with Crippen molar-refractivity contribution >= 4 is 51.0 Å². The molecule has 1 aliphatic rings. The molecule has 0 spiro atoms. The molecule has 1 amide bonds. The Morgan fingerprint density at radius 2 is 2.16 bits per heavy atom. The molecule has 3 rings (SSSR count). The molecule has 160 valence electrons. The Morgan fingerprint density at radius 1 is 1.32 bits per heavy atom. The third kappa shape index (κ3) is 6.15. The third-order valence-electron chi connectivity index (χ3n) is 3.80. The van der Waals surface area contributed by atoms with E-state index in [1.54, 1.807) is 18.3 Å². The number of pyridine rings is 1. The van der Waals surface area contributed by atoms with Crippen molar-refractivity contribution in [1.29, 1.82) is 0 Å². The molecule has 2 heterocycles. The number of carbonyl (C=O) groups excluding carboxylic acids is 2. The van der Waals surface area contributed by atoms with Gasteiger partial charge in [0.05, 0.1) is 35.5 Å². The van der Waals surface area contributed by atoms with E-state index in [-0.39, 0.29) is 16.7 Å². The minimum atomic E-state index is -0.621. The number of hydrogen-bond donors (Lipinski definition) is 1. The second-order valence-electron chi connectivity index (χ2n) is 5.88. The average molecular weight is 505 g/mol. The van der Waals surface area contributed by atoms with E-state index < -0.39 is 11.9 Å². The first-order chi connectivity index (χ1) is 15.0. The molecule has 31 heavy (non-hydrogen) atoms. The van der Waals surface area contributed by atoms with Crippen LogP contribution in [0.1, 0.15) is 11.3 Å². The molecule has 11 heteroatoms. The van der Waals surface area contributed by atoms with Gasteiger partial charge in [-0.3, -0.25) is 15.1 Å². The number of thioether (sulfide) groups is 1. The number of amides is 1. The molecule has 0 radical (unpaired) electrons. The van der Waals surface area contributed by atoms with E-state index in [2.05, 4.69) is 41.2 Å². The summed E-state index contributed by atoms with van der Waals surface area (Å²) < 4.78 is 16.5. The molecular weight excluding hydrogens is 488 g/mol. The van der Waals surface area contributed by atoms with E-state index in [0.717, 1.165) is 23.5 Å². The minimum absolute atomic E-state index is 0.180. The topological polar surface area (TPSA) is 111 Å². The number of benzene rings is 1. The standard InChI is InChI=1S/C20H17BrN4O5S/c1-28-15-8-12(7-14(21)18(15)30-11-13-5-3-4-6-22-13)10-23-25-20-24-19(27)16(31-20)9-17(26)29-2/h3-10H,11H2,1-2H3,(H,24,25,27)/b16-9+,23-10?. The Labute approximate surface area is 190 Å². The zero-order valence-corrected chi connectivity index (χ0v) is 18.9. The predicted octanol–water partition coefficient (Wildman–Crippen LogP) is 3.04. The fraction of sp³-hybridized carbons (Fsp3) is 0.150. The normalized spacial score (nSPS) is 16.0. The highest BCUT2D eigenvalue weighted by Crippen LogP contribution is 2.36. The number of aromatic nitrogens is 1. The highest BCUT2D eigenvalue weighted by molar-refractivity contribution is 9.10. The Kier molecular flexibility index (Phi) is 7.79. The Hall–Kier alpha value is -3.18. The molecule has 0 atom stereocenters. The van der Waals surface area contributed by atoms with E-state index in [1.807, 2.05) is 18.2 Å². The summed E-state index contributed by atoms with van der Waals surface area (Å²) in [4.78, 5) is 27.5. The summed E-state index contributed by atoms with van der Waals surface area (Å²) in [6.07, 6.45) is 4.29. The zero-order valence-electron chi connectivity index (χ0n) is 16.5. The molecule has 1 saturated heterocycles. The van der Waals surface area contributed by atoms with Crippen LogP contribution in [0.15, 0.2) is 62.2 Å². The maximum absolute atomic E-state index is 11.8. The van der Waals surface area contributed by atoms with Crippen LogP contribution < -0.4 is 14.8 Å². The molecule has 1 aromatic carbocycles. The quantitative estimate of drug-likeness (QED) is 0.267. The lowest BCUT2D eigenvalue weighted by atomic mass is 10.2. The Balaban J connectivity index is 1.70. The van der Waals surface area contributed by atoms with Gasteiger partial charge in [0.15, 0.2) is 16.7 Å². The lowest BCUT2D eigenvalue weighted by Gasteiger charge is -2.13. The molecule has 1 N–H and O–H groups in total. The summed E-state index contributed by atoms with van der Waals surface area (Å²) in [5, 5.41) is 10.7. The number of amidine groups is 1. The number of ether oxygens (including phenoxy) is 3. The SMILES string of the molecule is COC(=O)/C=C1/S/C(=N\N=Cc2cc(Br)c(OCc3ccccn3)c(OC)c2)NC1=O. The Bertz CT molecular complexity index is 1070. The molecule has 0 unspecified atom stereocenters. The number of nitrogens with one attached hydrogen (secondary N) is 1. The highest BCUT2D eigenvalue weighted by Gasteiger charge is 2.25. The minimum Gasteiger partial charge on any atom is -0.493 e. The number of rotatable bonds is 7. The first kappa shape index (κ1) is 22.5. The van der Waals surface area contributed by atoms with E-state index in [4.69, 9.17) is 9.47 Å². The molecule has 0 aliphatic carbocycles. The highest BCUT2D eigenvalue weighted by atomic mass is 79.9. The van der Waals surface area contributed by atoms with E-state index in [0.29, 0.717) is 21.5 Å². The van der Waals surface area contributed by atoms with Gasteiger partial charge in [0, 0.05) is 12.3 Å². The maximum atomic E-state index is 11.8. The van der Waals surface area contributed by atoms with Crippen LogP contribution in [-0.2, 0) is 20.9 Å². The van der Waals surface area contributed by atoms with Gasteiger partial charge in [0.2, 0.25) is 0 Å². The number of hydrogen-bond acceptors (Lipinski definition) is 9. The number of carbonyl (C=O) groups is 2. The Morgan fingerprint density at radius 3 is 2.87 bits per heavy atom. The molecule has 9 nitrogen and oxygen atoms in total. The predicted molar refractivity (Wildman–Crippen MR) is 120 cm³/mol. The first-order valence-corrected chi connectivity index (χ1v) is 10.4. The molecule has 2 aromatic rings. The van der Waals surface area contributed by atoms with Crippen LogP contribution in [0.3, 0.4) is 0 Å². The van der Waals surface area contributed by atoms with Crippen LogP contribution >= 0.6 is 27.7 Å². The van der Waals surface area contributed by atoms with Gasteiger partial charge >= 0.3 is 5.97 Å². The fourth-order valence-corrected chi connectivity index (χ4v) is 3.69. The van der Waals surface area contributed by atoms with Crippen molar-refractivity contribution in [3.05, 3.63) is 63.2 Å². The molecule has 0 saturated carbocycles. The van der Waals surface area contributed by atoms with E-state index in [1.165, 1.54) is 20.4 Å². The zero-order chi connectivity index (χ0) is 22.2. The number of nitrogens with zero attached hydrogens (tertiary/aromatic N) is 3. The molecule has 0 bridgehead atoms. The number of esters is 1. The summed E-state index contributed by atoms with van der Waals surface area (Å²) in [5.41, 5.74) is 1.48. The van der Waals surface area contributed by atoms with Gasteiger partial charge in [-0.05, 0) is 57.5 Å². The number of methoxy groups -OCH3 is 2. The maximum Gasteiger partial charge on any atom is 0.331 e. The van der Waals surface area contributed by atoms with Gasteiger partial charge in [0.1, 0.15) is 6.61 Å². The molecule has 1 aromatic heterocycles. The van der Waals surface area contributed by atoms with Crippen molar-refractivity contribution in [1.82, 2.24) is 10.3 Å². The van der Waals surface area contributed by atoms with Gasteiger partial charge in [-0.2, -0.15) is 5.10 Å². The number of halogens is 1. The lowest BCUT2D eigenvalue weighted by Crippen LogP contribution is -2.19. The molecule has 1 aliphatic heterocycles. The van der Waals surface area contributed by atoms with Crippen molar-refractivity contribution in [2.45, 2.75) is 6.61 Å². The van der Waals surface area contributed by atoms with Gasteiger partial charge < -0.3 is 14.2 Å². The van der Waals surface area contributed by atoms with Crippen LogP contribution in [0.4, 0.5) is 0 Å². The monoisotopic (exact) mass is 504 g/mol. The van der Waals surface area contributed by atoms with E-state index in [9.17, 15) is 9.59 Å². The second-order valence-corrected chi connectivity index (χ2v) is 7.77. The molecule has 1 fully saturated rings. The van der Waals surface area contributed by atoms with Crippen LogP contribution in [0.2, 0.25) is 0 Å². The lowest BCUT2D eigenvalue weighted by molar-refractivity contribution is -0.135. The summed E-state index contributed by atoms with van der Waals surface area (Å²) in [6.45, 7) is 0.287. The van der Waals surface area contributed by atoms with Crippen LogP contribution in [-0.4, -0.2) is 42.5 Å². The van der Waals surface area contributed by atoms with Crippen molar-refractivity contribution in [3.8, 4) is 11.5 Å². The van der Waals surface area contributed by atoms with Crippen LogP contribution in [0.25, 0.3) is 0 Å². The van der Waals surface area contributed by atoms with Crippen LogP contribution in [0.5, 0.6) is 11.5 Å².